The maximum absolute atomic E-state index is 10.3. The Morgan fingerprint density at radius 2 is 2.07 bits per heavy atom. The highest BCUT2D eigenvalue weighted by atomic mass is 32.2. The highest BCUT2D eigenvalue weighted by Gasteiger charge is 2.37. The number of hydrogen-bond donors (Lipinski definition) is 2. The average molecular weight is 223 g/mol. The van der Waals surface area contributed by atoms with E-state index in [0.29, 0.717) is 5.75 Å². The molecule has 1 saturated heterocycles. The lowest BCUT2D eigenvalue weighted by Gasteiger charge is -2.22. The molecule has 0 spiro atoms. The van der Waals surface area contributed by atoms with Gasteiger partial charge in [-0.2, -0.15) is 0 Å². The van der Waals surface area contributed by atoms with Gasteiger partial charge in [0.25, 0.3) is 0 Å². The number of hydroxylamine groups is 2. The molecule has 0 aromatic rings. The maximum Gasteiger partial charge on any atom is 0.525 e. The number of hydrogen-bond acceptors (Lipinski definition) is 6. The van der Waals surface area contributed by atoms with E-state index in [1.165, 1.54) is 11.8 Å². The fourth-order valence-electron chi connectivity index (χ4n) is 1.03. The summed E-state index contributed by atoms with van der Waals surface area (Å²) in [5.74, 6) is 0.348. The molecule has 80 valence electrons. The van der Waals surface area contributed by atoms with Crippen LogP contribution in [0.15, 0.2) is 0 Å². The van der Waals surface area contributed by atoms with Crippen LogP contribution in [0.2, 0.25) is 0 Å². The summed E-state index contributed by atoms with van der Waals surface area (Å²) < 4.78 is 4.43. The van der Waals surface area contributed by atoms with Crippen molar-refractivity contribution in [2.45, 2.75) is 18.5 Å². The molecule has 7 nitrogen and oxygen atoms in total. The second kappa shape index (κ2) is 4.38. The van der Waals surface area contributed by atoms with Crippen molar-refractivity contribution in [1.82, 2.24) is 5.06 Å². The highest BCUT2D eigenvalue weighted by Crippen LogP contribution is 2.29. The maximum atomic E-state index is 10.3. The van der Waals surface area contributed by atoms with Crippen molar-refractivity contribution >= 4 is 24.1 Å². The fraction of sp³-hybridized carbons (Fsp3) is 0.667. The first kappa shape index (κ1) is 10.9. The molecule has 1 rings (SSSR count). The van der Waals surface area contributed by atoms with Crippen molar-refractivity contribution in [2.75, 3.05) is 5.75 Å². The van der Waals surface area contributed by atoms with Gasteiger partial charge in [0.15, 0.2) is 0 Å². The fourth-order valence-corrected chi connectivity index (χ4v) is 2.01. The molecule has 0 bridgehead atoms. The quantitative estimate of drug-likeness (QED) is 0.669. The third-order valence-corrected chi connectivity index (χ3v) is 2.71. The summed E-state index contributed by atoms with van der Waals surface area (Å²) >= 11 is 1.35. The van der Waals surface area contributed by atoms with E-state index in [-0.39, 0.29) is 5.37 Å². The molecule has 2 unspecified atom stereocenters. The summed E-state index contributed by atoms with van der Waals surface area (Å²) in [5.41, 5.74) is 0. The summed E-state index contributed by atoms with van der Waals surface area (Å²) in [6.07, 6.45) is -3.81. The minimum Gasteiger partial charge on any atom is -0.450 e. The topological polar surface area (TPSA) is 96.3 Å². The Labute approximate surface area is 83.5 Å². The molecule has 1 heterocycles. The molecule has 0 radical (unpaired) electrons. The van der Waals surface area contributed by atoms with E-state index in [2.05, 4.69) is 9.57 Å². The summed E-state index contributed by atoms with van der Waals surface area (Å²) in [4.78, 5) is 24.9. The van der Waals surface area contributed by atoms with Gasteiger partial charge in [-0.1, -0.05) is 5.06 Å². The Morgan fingerprint density at radius 3 is 2.57 bits per heavy atom. The Hall–Kier alpha value is -1.15. The van der Waals surface area contributed by atoms with E-state index >= 15 is 0 Å². The molecule has 0 amide bonds. The SMILES string of the molecule is CC1SCC(OC(=O)O)N1OC(=O)O. The smallest absolute Gasteiger partial charge is 0.450 e. The van der Waals surface area contributed by atoms with Crippen LogP contribution in [-0.2, 0) is 9.57 Å². The molecule has 14 heavy (non-hydrogen) atoms. The van der Waals surface area contributed by atoms with Gasteiger partial charge in [0.05, 0.1) is 5.37 Å². The molecule has 2 atom stereocenters. The number of ether oxygens (including phenoxy) is 1. The van der Waals surface area contributed by atoms with Crippen LogP contribution in [-0.4, -0.2) is 44.9 Å². The lowest BCUT2D eigenvalue weighted by molar-refractivity contribution is -0.199. The predicted octanol–water partition coefficient (Wildman–Crippen LogP) is 1.01. The van der Waals surface area contributed by atoms with Crippen LogP contribution >= 0.6 is 11.8 Å². The Balaban J connectivity index is 2.56. The van der Waals surface area contributed by atoms with Gasteiger partial charge in [0.1, 0.15) is 0 Å². The second-order valence-corrected chi connectivity index (χ2v) is 3.84. The number of rotatable bonds is 2. The van der Waals surface area contributed by atoms with Crippen LogP contribution in [0.25, 0.3) is 0 Å². The molecule has 0 saturated carbocycles. The largest absolute Gasteiger partial charge is 0.525 e. The third-order valence-electron chi connectivity index (χ3n) is 1.54. The predicted molar refractivity (Wildman–Crippen MR) is 45.8 cm³/mol. The van der Waals surface area contributed by atoms with Crippen molar-refractivity contribution in [1.29, 1.82) is 0 Å². The molecule has 0 aliphatic carbocycles. The molecule has 2 N–H and O–H groups in total. The second-order valence-electron chi connectivity index (χ2n) is 2.49. The van der Waals surface area contributed by atoms with Gasteiger partial charge in [-0.25, -0.2) is 9.59 Å². The van der Waals surface area contributed by atoms with Gasteiger partial charge in [0, 0.05) is 5.75 Å². The summed E-state index contributed by atoms with van der Waals surface area (Å²) in [7, 11) is 0. The minimum absolute atomic E-state index is 0.254. The van der Waals surface area contributed by atoms with E-state index in [1.807, 2.05) is 0 Å². The summed E-state index contributed by atoms with van der Waals surface area (Å²) in [5, 5.41) is 17.5. The van der Waals surface area contributed by atoms with Crippen molar-refractivity contribution in [3.63, 3.8) is 0 Å². The van der Waals surface area contributed by atoms with Crippen molar-refractivity contribution < 1.29 is 29.4 Å². The zero-order chi connectivity index (χ0) is 10.7. The van der Waals surface area contributed by atoms with Crippen molar-refractivity contribution in [3.8, 4) is 0 Å². The Bertz CT molecular complexity index is 246. The van der Waals surface area contributed by atoms with Crippen LogP contribution < -0.4 is 0 Å². The first-order valence-electron chi connectivity index (χ1n) is 3.71. The van der Waals surface area contributed by atoms with Crippen LogP contribution in [0.3, 0.4) is 0 Å². The first-order chi connectivity index (χ1) is 6.50. The van der Waals surface area contributed by atoms with E-state index in [0.717, 1.165) is 5.06 Å². The lowest BCUT2D eigenvalue weighted by Crippen LogP contribution is -2.39. The van der Waals surface area contributed by atoms with Crippen molar-refractivity contribution in [2.24, 2.45) is 0 Å². The van der Waals surface area contributed by atoms with Gasteiger partial charge >= 0.3 is 12.3 Å². The minimum atomic E-state index is -1.49. The van der Waals surface area contributed by atoms with Crippen LogP contribution in [0, 0.1) is 0 Å². The molecule has 8 heteroatoms. The first-order valence-corrected chi connectivity index (χ1v) is 4.76. The van der Waals surface area contributed by atoms with Gasteiger partial charge in [0.2, 0.25) is 6.23 Å². The average Bonchev–Trinajstić information content (AvgIpc) is 2.34. The van der Waals surface area contributed by atoms with E-state index in [1.54, 1.807) is 6.92 Å². The molecule has 0 aromatic heterocycles. The van der Waals surface area contributed by atoms with Crippen LogP contribution in [0.5, 0.6) is 0 Å². The molecule has 1 aliphatic rings. The van der Waals surface area contributed by atoms with Crippen LogP contribution in [0.4, 0.5) is 9.59 Å². The normalized spacial score (nSPS) is 27.2. The third kappa shape index (κ3) is 2.67. The van der Waals surface area contributed by atoms with Gasteiger partial charge < -0.3 is 19.8 Å². The van der Waals surface area contributed by atoms with Gasteiger partial charge in [-0.15, -0.1) is 11.8 Å². The molecule has 0 aromatic carbocycles. The molecule has 1 fully saturated rings. The van der Waals surface area contributed by atoms with Gasteiger partial charge in [-0.3, -0.25) is 0 Å². The Kier molecular flexibility index (Phi) is 3.42. The summed E-state index contributed by atoms with van der Waals surface area (Å²) in [6.45, 7) is 1.69. The molecule has 1 aliphatic heterocycles. The monoisotopic (exact) mass is 223 g/mol. The molecular weight excluding hydrogens is 214 g/mol. The summed E-state index contributed by atoms with van der Waals surface area (Å²) in [6, 6.07) is 0. The molecular formula is C6H9NO6S. The van der Waals surface area contributed by atoms with E-state index in [4.69, 9.17) is 10.2 Å². The van der Waals surface area contributed by atoms with Crippen LogP contribution in [0.1, 0.15) is 6.92 Å². The van der Waals surface area contributed by atoms with E-state index in [9.17, 15) is 9.59 Å². The number of carbonyl (C=O) groups is 2. The van der Waals surface area contributed by atoms with Crippen molar-refractivity contribution in [3.05, 3.63) is 0 Å². The lowest BCUT2D eigenvalue weighted by atomic mass is 10.6. The standard InChI is InChI=1S/C6H9NO6S/c1-3-7(13-6(10)11)4(2-14-3)12-5(8)9/h3-4H,2H2,1H3,(H,8,9)(H,10,11). The number of nitrogens with zero attached hydrogens (tertiary/aromatic N) is 1. The number of carboxylic acid groups (broad SMARTS) is 2. The Morgan fingerprint density at radius 1 is 1.43 bits per heavy atom. The van der Waals surface area contributed by atoms with E-state index < -0.39 is 18.5 Å². The van der Waals surface area contributed by atoms with Gasteiger partial charge in [-0.05, 0) is 6.92 Å². The number of thioether (sulfide) groups is 1. The highest BCUT2D eigenvalue weighted by molar-refractivity contribution is 8.00. The zero-order valence-corrected chi connectivity index (χ0v) is 8.06. The zero-order valence-electron chi connectivity index (χ0n) is 7.24.